The number of nitrogens with two attached hydrogens (primary N) is 1. The van der Waals surface area contributed by atoms with Crippen LogP contribution in [-0.2, 0) is 0 Å². The van der Waals surface area contributed by atoms with Crippen molar-refractivity contribution in [2.75, 3.05) is 23.7 Å². The normalized spacial score (nSPS) is 17.5. The van der Waals surface area contributed by atoms with Crippen LogP contribution in [0.5, 0.6) is 0 Å². The van der Waals surface area contributed by atoms with Gasteiger partial charge in [0, 0.05) is 19.0 Å². The van der Waals surface area contributed by atoms with E-state index in [2.05, 4.69) is 25.7 Å². The zero-order valence-electron chi connectivity index (χ0n) is 13.9. The molecule has 1 aromatic rings. The molecule has 118 valence electrons. The molecule has 0 bridgehead atoms. The van der Waals surface area contributed by atoms with E-state index in [4.69, 9.17) is 5.73 Å². The number of Topliss-reactive ketones (excluding diaryl/α,β-unsaturated/α-hetero) is 1. The van der Waals surface area contributed by atoms with E-state index in [9.17, 15) is 4.79 Å². The van der Waals surface area contributed by atoms with Gasteiger partial charge >= 0.3 is 0 Å². The van der Waals surface area contributed by atoms with Gasteiger partial charge in [-0.25, -0.2) is 0 Å². The summed E-state index contributed by atoms with van der Waals surface area (Å²) < 4.78 is 0. The van der Waals surface area contributed by atoms with E-state index >= 15 is 0 Å². The molecule has 3 nitrogen and oxygen atoms in total. The van der Waals surface area contributed by atoms with Gasteiger partial charge in [-0.15, -0.1) is 11.3 Å². The summed E-state index contributed by atoms with van der Waals surface area (Å²) in [5, 5.41) is 1.16. The number of nitrogens with zero attached hydrogens (tertiary/aromatic N) is 1. The Bertz CT molecular complexity index is 505. The summed E-state index contributed by atoms with van der Waals surface area (Å²) in [6.07, 6.45) is 2.43. The maximum Gasteiger partial charge on any atom is 0.177 e. The minimum atomic E-state index is 0.00502. The molecular formula is C17H28N2OS. The molecule has 2 N–H and O–H groups in total. The van der Waals surface area contributed by atoms with Crippen LogP contribution in [-0.4, -0.2) is 18.9 Å². The van der Waals surface area contributed by atoms with Crippen molar-refractivity contribution in [1.29, 1.82) is 0 Å². The van der Waals surface area contributed by atoms with Crippen LogP contribution >= 0.6 is 11.3 Å². The summed E-state index contributed by atoms with van der Waals surface area (Å²) in [6.45, 7) is 13.0. The lowest BCUT2D eigenvalue weighted by Gasteiger charge is -2.39. The topological polar surface area (TPSA) is 46.3 Å². The van der Waals surface area contributed by atoms with Crippen molar-refractivity contribution < 1.29 is 4.79 Å². The molecule has 0 aliphatic carbocycles. The molecule has 21 heavy (non-hydrogen) atoms. The van der Waals surface area contributed by atoms with Crippen molar-refractivity contribution in [3.63, 3.8) is 0 Å². The van der Waals surface area contributed by atoms with E-state index in [0.29, 0.717) is 11.1 Å². The van der Waals surface area contributed by atoms with E-state index in [1.54, 1.807) is 11.3 Å². The molecule has 2 rings (SSSR count). The monoisotopic (exact) mass is 308 g/mol. The van der Waals surface area contributed by atoms with E-state index in [0.717, 1.165) is 28.9 Å². The predicted molar refractivity (Wildman–Crippen MR) is 92.3 cm³/mol. The summed E-state index contributed by atoms with van der Waals surface area (Å²) in [7, 11) is 0. The molecule has 1 saturated heterocycles. The largest absolute Gasteiger partial charge is 0.397 e. The van der Waals surface area contributed by atoms with Crippen LogP contribution in [0.2, 0.25) is 0 Å². The van der Waals surface area contributed by atoms with Crippen LogP contribution in [0, 0.1) is 17.3 Å². The van der Waals surface area contributed by atoms with Crippen molar-refractivity contribution in [3.05, 3.63) is 10.9 Å². The predicted octanol–water partition coefficient (Wildman–Crippen LogP) is 4.43. The van der Waals surface area contributed by atoms with Gasteiger partial charge in [-0.3, -0.25) is 4.79 Å². The second-order valence-electron chi connectivity index (χ2n) is 7.52. The van der Waals surface area contributed by atoms with Gasteiger partial charge < -0.3 is 10.6 Å². The molecule has 1 aliphatic heterocycles. The Balaban J connectivity index is 2.08. The number of piperidine rings is 1. The summed E-state index contributed by atoms with van der Waals surface area (Å²) in [5.41, 5.74) is 7.08. The molecule has 0 radical (unpaired) electrons. The number of rotatable bonds is 3. The van der Waals surface area contributed by atoms with Gasteiger partial charge in [-0.05, 0) is 30.2 Å². The third-order valence-corrected chi connectivity index (χ3v) is 5.75. The SMILES string of the molecule is CC(C)C(=O)c1sc(N2CCC(C(C)(C)C)CC2)cc1N. The van der Waals surface area contributed by atoms with E-state index in [-0.39, 0.29) is 11.7 Å². The third-order valence-electron chi connectivity index (χ3n) is 4.53. The van der Waals surface area contributed by atoms with E-state index < -0.39 is 0 Å². The zero-order valence-corrected chi connectivity index (χ0v) is 14.7. The average Bonchev–Trinajstić information content (AvgIpc) is 2.79. The van der Waals surface area contributed by atoms with Gasteiger partial charge in [0.05, 0.1) is 15.6 Å². The minimum Gasteiger partial charge on any atom is -0.397 e. The molecule has 1 aromatic heterocycles. The van der Waals surface area contributed by atoms with Crippen molar-refractivity contribution >= 4 is 27.8 Å². The van der Waals surface area contributed by atoms with Crippen LogP contribution in [0.4, 0.5) is 10.7 Å². The molecule has 1 aliphatic rings. The highest BCUT2D eigenvalue weighted by atomic mass is 32.1. The number of anilines is 2. The maximum absolute atomic E-state index is 12.2. The number of hydrogen-bond acceptors (Lipinski definition) is 4. The highest BCUT2D eigenvalue weighted by Gasteiger charge is 2.30. The van der Waals surface area contributed by atoms with Crippen molar-refractivity contribution in [3.8, 4) is 0 Å². The summed E-state index contributed by atoms with van der Waals surface area (Å²) >= 11 is 1.56. The van der Waals surface area contributed by atoms with Crippen LogP contribution in [0.15, 0.2) is 6.07 Å². The lowest BCUT2D eigenvalue weighted by Crippen LogP contribution is -2.37. The molecule has 0 unspecified atom stereocenters. The molecule has 0 aromatic carbocycles. The van der Waals surface area contributed by atoms with E-state index in [1.807, 2.05) is 19.9 Å². The minimum absolute atomic E-state index is 0.00502. The highest BCUT2D eigenvalue weighted by Crippen LogP contribution is 2.39. The highest BCUT2D eigenvalue weighted by molar-refractivity contribution is 7.18. The Morgan fingerprint density at radius 1 is 1.33 bits per heavy atom. The molecule has 1 fully saturated rings. The average molecular weight is 308 g/mol. The Morgan fingerprint density at radius 2 is 1.90 bits per heavy atom. The number of carbonyl (C=O) groups is 1. The van der Waals surface area contributed by atoms with Gasteiger partial charge in [0.1, 0.15) is 0 Å². The quantitative estimate of drug-likeness (QED) is 0.840. The fraction of sp³-hybridized carbons (Fsp3) is 0.706. The van der Waals surface area contributed by atoms with Gasteiger partial charge in [0.15, 0.2) is 5.78 Å². The Morgan fingerprint density at radius 3 is 2.38 bits per heavy atom. The van der Waals surface area contributed by atoms with Crippen LogP contribution in [0.25, 0.3) is 0 Å². The second-order valence-corrected chi connectivity index (χ2v) is 8.55. The second kappa shape index (κ2) is 5.99. The van der Waals surface area contributed by atoms with Crippen LogP contribution in [0.3, 0.4) is 0 Å². The standard InChI is InChI=1S/C17H28N2OS/c1-11(2)15(20)16-13(18)10-14(21-16)19-8-6-12(7-9-19)17(3,4)5/h10-12H,6-9,18H2,1-5H3. The fourth-order valence-electron chi connectivity index (χ4n) is 2.97. The van der Waals surface area contributed by atoms with Gasteiger partial charge in [-0.1, -0.05) is 34.6 Å². The number of hydrogen-bond donors (Lipinski definition) is 1. The van der Waals surface area contributed by atoms with Crippen LogP contribution < -0.4 is 10.6 Å². The first-order valence-electron chi connectivity index (χ1n) is 7.88. The Hall–Kier alpha value is -1.03. The first-order chi connectivity index (χ1) is 9.70. The summed E-state index contributed by atoms with van der Waals surface area (Å²) in [5.74, 6) is 0.946. The first-order valence-corrected chi connectivity index (χ1v) is 8.70. The van der Waals surface area contributed by atoms with E-state index in [1.165, 1.54) is 12.8 Å². The van der Waals surface area contributed by atoms with Crippen molar-refractivity contribution in [1.82, 2.24) is 0 Å². The Kier molecular flexibility index (Phi) is 4.66. The van der Waals surface area contributed by atoms with Crippen molar-refractivity contribution in [2.24, 2.45) is 17.3 Å². The number of carbonyl (C=O) groups excluding carboxylic acids is 1. The van der Waals surface area contributed by atoms with Gasteiger partial charge in [0.25, 0.3) is 0 Å². The van der Waals surface area contributed by atoms with Crippen LogP contribution in [0.1, 0.15) is 57.1 Å². The van der Waals surface area contributed by atoms with Gasteiger partial charge in [0.2, 0.25) is 0 Å². The molecule has 0 spiro atoms. The smallest absolute Gasteiger partial charge is 0.177 e. The number of ketones is 1. The summed E-state index contributed by atoms with van der Waals surface area (Å²) in [4.78, 5) is 15.3. The molecular weight excluding hydrogens is 280 g/mol. The Labute approximate surface area is 132 Å². The van der Waals surface area contributed by atoms with Gasteiger partial charge in [-0.2, -0.15) is 0 Å². The molecule has 0 saturated carbocycles. The third kappa shape index (κ3) is 3.60. The first kappa shape index (κ1) is 16.3. The lowest BCUT2D eigenvalue weighted by molar-refractivity contribution is 0.0944. The zero-order chi connectivity index (χ0) is 15.8. The summed E-state index contributed by atoms with van der Waals surface area (Å²) in [6, 6.07) is 1.98. The molecule has 0 amide bonds. The maximum atomic E-state index is 12.2. The molecule has 4 heteroatoms. The van der Waals surface area contributed by atoms with Crippen molar-refractivity contribution in [2.45, 2.75) is 47.5 Å². The fourth-order valence-corrected chi connectivity index (χ4v) is 4.19. The lowest BCUT2D eigenvalue weighted by atomic mass is 9.75. The molecule has 0 atom stereocenters. The molecule has 2 heterocycles. The number of nitrogen functional groups attached to an aromatic ring is 1. The number of thiophene rings is 1.